The highest BCUT2D eigenvalue weighted by Gasteiger charge is 2.03. The van der Waals surface area contributed by atoms with Crippen LogP contribution < -0.4 is 10.9 Å². The van der Waals surface area contributed by atoms with E-state index >= 15 is 0 Å². The maximum absolute atomic E-state index is 11.7. The molecule has 0 saturated carbocycles. The van der Waals surface area contributed by atoms with E-state index < -0.39 is 0 Å². The van der Waals surface area contributed by atoms with Gasteiger partial charge in [0, 0.05) is 22.2 Å². The first kappa shape index (κ1) is 19.2. The number of H-pyrrole nitrogens is 1. The second-order valence-electron chi connectivity index (χ2n) is 6.79. The normalized spacial score (nSPS) is 10.3. The Hall–Kier alpha value is -4.18. The van der Waals surface area contributed by atoms with Crippen molar-refractivity contribution in [3.05, 3.63) is 125 Å². The van der Waals surface area contributed by atoms with Crippen molar-refractivity contribution in [3.8, 4) is 0 Å². The van der Waals surface area contributed by atoms with Gasteiger partial charge in [-0.05, 0) is 59.3 Å². The van der Waals surface area contributed by atoms with Crippen LogP contribution in [-0.4, -0.2) is 10.9 Å². The highest BCUT2D eigenvalue weighted by atomic mass is 16.1. The Labute approximate surface area is 173 Å². The predicted octanol–water partition coefficient (Wildman–Crippen LogP) is 5.62. The van der Waals surface area contributed by atoms with E-state index in [2.05, 4.69) is 10.3 Å². The van der Waals surface area contributed by atoms with Crippen LogP contribution in [0.15, 0.2) is 114 Å². The first-order chi connectivity index (χ1) is 14.7. The molecule has 0 fully saturated rings. The number of hydrogen-bond acceptors (Lipinski definition) is 2. The Morgan fingerprint density at radius 3 is 1.70 bits per heavy atom. The Morgan fingerprint density at radius 1 is 0.600 bits per heavy atom. The molecule has 0 radical (unpaired) electrons. The molecule has 4 heteroatoms. The van der Waals surface area contributed by atoms with E-state index in [9.17, 15) is 9.59 Å². The molecule has 4 bridgehead atoms. The second-order valence-corrected chi connectivity index (χ2v) is 6.79. The van der Waals surface area contributed by atoms with Crippen LogP contribution in [0, 0.1) is 0 Å². The third-order valence-electron chi connectivity index (χ3n) is 4.69. The van der Waals surface area contributed by atoms with Crippen LogP contribution >= 0.6 is 0 Å². The van der Waals surface area contributed by atoms with Gasteiger partial charge < -0.3 is 10.3 Å². The smallest absolute Gasteiger partial charge is 0.255 e. The number of amides is 1. The molecule has 8 rings (SSSR count). The molecule has 0 aliphatic carbocycles. The molecule has 0 aliphatic heterocycles. The zero-order chi connectivity index (χ0) is 20.8. The molecule has 1 amide bonds. The average Bonchev–Trinajstić information content (AvgIpc) is 2.82. The van der Waals surface area contributed by atoms with Gasteiger partial charge in [-0.3, -0.25) is 9.59 Å². The van der Waals surface area contributed by atoms with Gasteiger partial charge in [-0.15, -0.1) is 0 Å². The highest BCUT2D eigenvalue weighted by Crippen LogP contribution is 2.13. The lowest BCUT2D eigenvalue weighted by Gasteiger charge is -2.03. The summed E-state index contributed by atoms with van der Waals surface area (Å²) in [6, 6.07) is 34.1. The zero-order valence-electron chi connectivity index (χ0n) is 16.2. The lowest BCUT2D eigenvalue weighted by atomic mass is 10.1. The predicted molar refractivity (Wildman–Crippen MR) is 123 cm³/mol. The summed E-state index contributed by atoms with van der Waals surface area (Å²) in [5, 5.41) is 5.82. The topological polar surface area (TPSA) is 62.0 Å². The molecule has 0 unspecified atom stereocenters. The maximum atomic E-state index is 11.7. The van der Waals surface area contributed by atoms with Crippen LogP contribution in [0.25, 0.3) is 21.7 Å². The number of rotatable bonds is 2. The molecule has 4 heterocycles. The van der Waals surface area contributed by atoms with Gasteiger partial charge >= 0.3 is 0 Å². The van der Waals surface area contributed by atoms with Crippen molar-refractivity contribution >= 4 is 33.3 Å². The SMILES string of the molecule is O=C(Nc1ccccc1)c1ccccc1.O=c1[nH]c2ccc(cc2)c2ccc1cc2. The molecule has 4 aromatic carbocycles. The number of nitrogens with one attached hydrogen (secondary N) is 2. The Balaban J connectivity index is 0.000000145. The number of aromatic nitrogens is 1. The van der Waals surface area contributed by atoms with E-state index in [0.29, 0.717) is 10.9 Å². The molecular formula is C26H20N2O2. The molecule has 8 aromatic rings. The van der Waals surface area contributed by atoms with Gasteiger partial charge in [0.15, 0.2) is 0 Å². The molecular weight excluding hydrogens is 372 g/mol. The summed E-state index contributed by atoms with van der Waals surface area (Å²) >= 11 is 0. The Morgan fingerprint density at radius 2 is 1.10 bits per heavy atom. The molecule has 4 aromatic heterocycles. The van der Waals surface area contributed by atoms with Crippen molar-refractivity contribution in [3.63, 3.8) is 0 Å². The first-order valence-electron chi connectivity index (χ1n) is 9.62. The molecule has 2 N–H and O–H groups in total. The summed E-state index contributed by atoms with van der Waals surface area (Å²) < 4.78 is 0. The quantitative estimate of drug-likeness (QED) is 0.410. The number of anilines is 1. The molecule has 0 aliphatic rings. The minimum atomic E-state index is -0.0817. The number of benzene rings is 4. The number of para-hydroxylation sites is 1. The number of hydrogen-bond donors (Lipinski definition) is 2. The maximum Gasteiger partial charge on any atom is 0.255 e. The number of aromatic amines is 1. The van der Waals surface area contributed by atoms with E-state index in [1.165, 1.54) is 5.39 Å². The van der Waals surface area contributed by atoms with Gasteiger partial charge in [0.2, 0.25) is 0 Å². The van der Waals surface area contributed by atoms with Crippen LogP contribution in [0.5, 0.6) is 0 Å². The van der Waals surface area contributed by atoms with Gasteiger partial charge in [-0.2, -0.15) is 0 Å². The number of carbonyl (C=O) groups excluding carboxylic acids is 1. The van der Waals surface area contributed by atoms with Crippen molar-refractivity contribution in [1.29, 1.82) is 0 Å². The van der Waals surface area contributed by atoms with E-state index in [1.54, 1.807) is 12.1 Å². The van der Waals surface area contributed by atoms with Crippen molar-refractivity contribution in [2.75, 3.05) is 5.32 Å². The summed E-state index contributed by atoms with van der Waals surface area (Å²) in [6.45, 7) is 0. The standard InChI is InChI=1S/C13H9NO.C13H11NO/c15-13-11-3-1-9(2-4-11)10-5-7-12(14-13)8-6-10;15-13(11-7-3-1-4-8-11)14-12-9-5-2-6-10-12/h1-8H,(H,14,15);1-10H,(H,14,15). The summed E-state index contributed by atoms with van der Waals surface area (Å²) in [4.78, 5) is 26.3. The molecule has 4 nitrogen and oxygen atoms in total. The van der Waals surface area contributed by atoms with E-state index in [1.807, 2.05) is 97.1 Å². The van der Waals surface area contributed by atoms with Crippen LogP contribution in [0.4, 0.5) is 5.69 Å². The lowest BCUT2D eigenvalue weighted by Crippen LogP contribution is -2.11. The van der Waals surface area contributed by atoms with Gasteiger partial charge in [0.25, 0.3) is 11.5 Å². The summed E-state index contributed by atoms with van der Waals surface area (Å²) in [7, 11) is 0. The fraction of sp³-hybridized carbons (Fsp3) is 0. The number of carbonyl (C=O) groups is 1. The highest BCUT2D eigenvalue weighted by molar-refractivity contribution is 6.04. The van der Waals surface area contributed by atoms with E-state index in [0.717, 1.165) is 16.6 Å². The Bertz CT molecular complexity index is 1300. The summed E-state index contributed by atoms with van der Waals surface area (Å²) in [5.74, 6) is -0.0817. The third kappa shape index (κ3) is 4.62. The van der Waals surface area contributed by atoms with Crippen LogP contribution in [-0.2, 0) is 0 Å². The van der Waals surface area contributed by atoms with Crippen molar-refractivity contribution in [2.24, 2.45) is 0 Å². The van der Waals surface area contributed by atoms with Crippen molar-refractivity contribution in [1.82, 2.24) is 4.98 Å². The minimum Gasteiger partial charge on any atom is -0.322 e. The zero-order valence-corrected chi connectivity index (χ0v) is 16.2. The van der Waals surface area contributed by atoms with Gasteiger partial charge in [0.1, 0.15) is 0 Å². The van der Waals surface area contributed by atoms with Gasteiger partial charge in [-0.1, -0.05) is 60.7 Å². The summed E-state index contributed by atoms with van der Waals surface area (Å²) in [6.07, 6.45) is 0. The Kier molecular flexibility index (Phi) is 5.67. The third-order valence-corrected chi connectivity index (χ3v) is 4.69. The minimum absolute atomic E-state index is 0.0591. The molecule has 30 heavy (non-hydrogen) atoms. The molecule has 0 atom stereocenters. The van der Waals surface area contributed by atoms with Crippen LogP contribution in [0.1, 0.15) is 10.4 Å². The fourth-order valence-corrected chi connectivity index (χ4v) is 3.08. The molecule has 146 valence electrons. The largest absolute Gasteiger partial charge is 0.322 e. The van der Waals surface area contributed by atoms with Crippen molar-refractivity contribution in [2.45, 2.75) is 0 Å². The van der Waals surface area contributed by atoms with Gasteiger partial charge in [0.05, 0.1) is 0 Å². The van der Waals surface area contributed by atoms with E-state index in [-0.39, 0.29) is 11.5 Å². The van der Waals surface area contributed by atoms with Crippen LogP contribution in [0.3, 0.4) is 0 Å². The summed E-state index contributed by atoms with van der Waals surface area (Å²) in [5.41, 5.74) is 2.26. The van der Waals surface area contributed by atoms with Crippen molar-refractivity contribution < 1.29 is 4.79 Å². The van der Waals surface area contributed by atoms with Gasteiger partial charge in [-0.25, -0.2) is 0 Å². The van der Waals surface area contributed by atoms with E-state index in [4.69, 9.17) is 0 Å². The molecule has 0 spiro atoms. The fourth-order valence-electron chi connectivity index (χ4n) is 3.08. The second kappa shape index (κ2) is 8.88. The first-order valence-corrected chi connectivity index (χ1v) is 9.62. The monoisotopic (exact) mass is 392 g/mol. The lowest BCUT2D eigenvalue weighted by molar-refractivity contribution is 0.102. The average molecular weight is 392 g/mol. The molecule has 0 saturated heterocycles. The van der Waals surface area contributed by atoms with Crippen LogP contribution in [0.2, 0.25) is 0 Å².